The summed E-state index contributed by atoms with van der Waals surface area (Å²) in [6.07, 6.45) is 6.44. The molecule has 4 heterocycles. The van der Waals surface area contributed by atoms with Gasteiger partial charge in [0, 0.05) is 32.0 Å². The Morgan fingerprint density at radius 2 is 2.17 bits per heavy atom. The summed E-state index contributed by atoms with van der Waals surface area (Å²) in [5.74, 6) is 2.22. The lowest BCUT2D eigenvalue weighted by Crippen LogP contribution is -2.35. The van der Waals surface area contributed by atoms with E-state index in [0.717, 1.165) is 61.2 Å². The van der Waals surface area contributed by atoms with Crippen LogP contribution in [0.15, 0.2) is 16.8 Å². The fraction of sp³-hybridized carbons (Fsp3) is 0.611. The maximum absolute atomic E-state index is 5.90. The number of hydrogen-bond donors (Lipinski definition) is 0. The van der Waals surface area contributed by atoms with Crippen LogP contribution in [-0.4, -0.2) is 34.8 Å². The Labute approximate surface area is 142 Å². The Morgan fingerprint density at radius 3 is 2.88 bits per heavy atom. The van der Waals surface area contributed by atoms with Gasteiger partial charge in [0.2, 0.25) is 5.95 Å². The monoisotopic (exact) mass is 328 g/mol. The van der Waals surface area contributed by atoms with Gasteiger partial charge < -0.3 is 14.2 Å². The zero-order valence-electron chi connectivity index (χ0n) is 14.4. The van der Waals surface area contributed by atoms with Crippen molar-refractivity contribution < 1.29 is 9.26 Å². The van der Waals surface area contributed by atoms with Gasteiger partial charge in [0.1, 0.15) is 6.10 Å². The molecule has 0 saturated carbocycles. The lowest BCUT2D eigenvalue weighted by molar-refractivity contribution is 0.109. The summed E-state index contributed by atoms with van der Waals surface area (Å²) in [5.41, 5.74) is 2.69. The van der Waals surface area contributed by atoms with E-state index in [4.69, 9.17) is 14.2 Å². The van der Waals surface area contributed by atoms with Gasteiger partial charge in [-0.3, -0.25) is 0 Å². The zero-order chi connectivity index (χ0) is 16.5. The fourth-order valence-corrected chi connectivity index (χ4v) is 3.63. The Hall–Kier alpha value is -1.95. The van der Waals surface area contributed by atoms with Crippen LogP contribution in [0.5, 0.6) is 0 Å². The molecule has 2 fully saturated rings. The summed E-state index contributed by atoms with van der Waals surface area (Å²) < 4.78 is 11.4. The summed E-state index contributed by atoms with van der Waals surface area (Å²) in [6, 6.07) is 1.93. The van der Waals surface area contributed by atoms with Gasteiger partial charge in [0.25, 0.3) is 0 Å². The van der Waals surface area contributed by atoms with Crippen LogP contribution in [-0.2, 0) is 4.74 Å². The lowest BCUT2D eigenvalue weighted by atomic mass is 10.0. The zero-order valence-corrected chi connectivity index (χ0v) is 14.4. The standard InChI is InChI=1S/C18H24N4O2/c1-12-5-3-7-22(11-12)18-19-10-14(16-9-13(2)21-24-16)17(20-18)15-6-4-8-23-15/h9-10,12,15H,3-8,11H2,1-2H3. The predicted molar refractivity (Wildman–Crippen MR) is 90.8 cm³/mol. The van der Waals surface area contributed by atoms with E-state index >= 15 is 0 Å². The van der Waals surface area contributed by atoms with Crippen LogP contribution in [0, 0.1) is 12.8 Å². The number of nitrogens with zero attached hydrogens (tertiary/aromatic N) is 4. The second-order valence-electron chi connectivity index (χ2n) is 7.00. The molecular formula is C18H24N4O2. The first-order chi connectivity index (χ1) is 11.7. The van der Waals surface area contributed by atoms with Crippen molar-refractivity contribution in [3.63, 3.8) is 0 Å². The maximum atomic E-state index is 5.90. The Balaban J connectivity index is 1.71. The van der Waals surface area contributed by atoms with Gasteiger partial charge in [-0.2, -0.15) is 0 Å². The van der Waals surface area contributed by atoms with Crippen LogP contribution < -0.4 is 4.90 Å². The van der Waals surface area contributed by atoms with E-state index in [1.165, 1.54) is 12.8 Å². The van der Waals surface area contributed by atoms with Gasteiger partial charge >= 0.3 is 0 Å². The Kier molecular flexibility index (Phi) is 4.22. The van der Waals surface area contributed by atoms with Crippen LogP contribution in [0.25, 0.3) is 11.3 Å². The van der Waals surface area contributed by atoms with Crippen molar-refractivity contribution in [2.45, 2.75) is 45.6 Å². The molecule has 2 atom stereocenters. The fourth-order valence-electron chi connectivity index (χ4n) is 3.63. The molecule has 0 amide bonds. The molecule has 6 nitrogen and oxygen atoms in total. The van der Waals surface area contributed by atoms with Crippen molar-refractivity contribution in [3.05, 3.63) is 23.7 Å². The third kappa shape index (κ3) is 3.02. The topological polar surface area (TPSA) is 64.3 Å². The first kappa shape index (κ1) is 15.6. The van der Waals surface area contributed by atoms with Crippen LogP contribution in [0.4, 0.5) is 5.95 Å². The molecule has 4 rings (SSSR count). The van der Waals surface area contributed by atoms with Gasteiger partial charge in [0.15, 0.2) is 5.76 Å². The highest BCUT2D eigenvalue weighted by Gasteiger charge is 2.27. The quantitative estimate of drug-likeness (QED) is 0.859. The normalized spacial score (nSPS) is 24.5. The van der Waals surface area contributed by atoms with Crippen LogP contribution >= 0.6 is 0 Å². The average molecular weight is 328 g/mol. The molecule has 0 spiro atoms. The molecule has 0 aliphatic carbocycles. The van der Waals surface area contributed by atoms with Crippen molar-refractivity contribution in [1.29, 1.82) is 0 Å². The average Bonchev–Trinajstić information content (AvgIpc) is 3.26. The van der Waals surface area contributed by atoms with Gasteiger partial charge in [-0.15, -0.1) is 0 Å². The third-order valence-corrected chi connectivity index (χ3v) is 4.87. The van der Waals surface area contributed by atoms with Gasteiger partial charge in [-0.1, -0.05) is 12.1 Å². The van der Waals surface area contributed by atoms with Crippen LogP contribution in [0.3, 0.4) is 0 Å². The van der Waals surface area contributed by atoms with Gasteiger partial charge in [0.05, 0.1) is 17.0 Å². The molecule has 0 aromatic carbocycles. The Bertz CT molecular complexity index is 709. The second kappa shape index (κ2) is 6.51. The molecule has 2 aliphatic heterocycles. The number of aromatic nitrogens is 3. The van der Waals surface area contributed by atoms with E-state index in [-0.39, 0.29) is 6.10 Å². The van der Waals surface area contributed by atoms with E-state index in [1.54, 1.807) is 0 Å². The third-order valence-electron chi connectivity index (χ3n) is 4.87. The maximum Gasteiger partial charge on any atom is 0.225 e. The highest BCUT2D eigenvalue weighted by Crippen LogP contribution is 2.35. The SMILES string of the molecule is Cc1cc(-c2cnc(N3CCCC(C)C3)nc2C2CCCO2)on1. The molecule has 6 heteroatoms. The van der Waals surface area contributed by atoms with Gasteiger partial charge in [-0.25, -0.2) is 9.97 Å². The smallest absolute Gasteiger partial charge is 0.225 e. The van der Waals surface area contributed by atoms with Crippen LogP contribution in [0.1, 0.15) is 50.1 Å². The molecule has 0 radical (unpaired) electrons. The minimum Gasteiger partial charge on any atom is -0.372 e. The molecule has 2 aromatic heterocycles. The number of piperidine rings is 1. The first-order valence-electron chi connectivity index (χ1n) is 8.88. The molecule has 0 N–H and O–H groups in total. The van der Waals surface area contributed by atoms with Crippen molar-refractivity contribution in [3.8, 4) is 11.3 Å². The summed E-state index contributed by atoms with van der Waals surface area (Å²) in [5, 5.41) is 4.00. The molecule has 2 aromatic rings. The van der Waals surface area contributed by atoms with Crippen LogP contribution in [0.2, 0.25) is 0 Å². The highest BCUT2D eigenvalue weighted by molar-refractivity contribution is 5.61. The number of rotatable bonds is 3. The summed E-state index contributed by atoms with van der Waals surface area (Å²) in [4.78, 5) is 11.8. The van der Waals surface area contributed by atoms with E-state index in [9.17, 15) is 0 Å². The van der Waals surface area contributed by atoms with E-state index in [0.29, 0.717) is 5.92 Å². The van der Waals surface area contributed by atoms with Crippen molar-refractivity contribution in [2.24, 2.45) is 5.92 Å². The van der Waals surface area contributed by atoms with Gasteiger partial charge in [-0.05, 0) is 38.5 Å². The first-order valence-corrected chi connectivity index (χ1v) is 8.88. The van der Waals surface area contributed by atoms with Crippen molar-refractivity contribution >= 4 is 5.95 Å². The molecule has 2 unspecified atom stereocenters. The number of anilines is 1. The lowest BCUT2D eigenvalue weighted by Gasteiger charge is -2.31. The number of hydrogen-bond acceptors (Lipinski definition) is 6. The second-order valence-corrected chi connectivity index (χ2v) is 7.00. The summed E-state index contributed by atoms with van der Waals surface area (Å²) in [6.45, 7) is 7.04. The molecule has 128 valence electrons. The minimum atomic E-state index is 0.0226. The van der Waals surface area contributed by atoms with E-state index in [2.05, 4.69) is 22.0 Å². The number of ether oxygens (including phenoxy) is 1. The van der Waals surface area contributed by atoms with E-state index in [1.807, 2.05) is 19.2 Å². The molecule has 2 aliphatic rings. The molecule has 2 saturated heterocycles. The Morgan fingerprint density at radius 1 is 1.25 bits per heavy atom. The largest absolute Gasteiger partial charge is 0.372 e. The molecule has 0 bridgehead atoms. The highest BCUT2D eigenvalue weighted by atomic mass is 16.5. The van der Waals surface area contributed by atoms with Crippen molar-refractivity contribution in [2.75, 3.05) is 24.6 Å². The van der Waals surface area contributed by atoms with E-state index < -0.39 is 0 Å². The van der Waals surface area contributed by atoms with Crippen molar-refractivity contribution in [1.82, 2.24) is 15.1 Å². The summed E-state index contributed by atoms with van der Waals surface area (Å²) in [7, 11) is 0. The molecule has 24 heavy (non-hydrogen) atoms. The molecular weight excluding hydrogens is 304 g/mol. The predicted octanol–water partition coefficient (Wildman–Crippen LogP) is 3.53. The summed E-state index contributed by atoms with van der Waals surface area (Å²) >= 11 is 0. The minimum absolute atomic E-state index is 0.0226. The number of aryl methyl sites for hydroxylation is 1.